The topological polar surface area (TPSA) is 16.4 Å². The van der Waals surface area contributed by atoms with Gasteiger partial charge in [-0.2, -0.15) is 0 Å². The highest BCUT2D eigenvalue weighted by Crippen LogP contribution is 2.59. The first-order valence-electron chi connectivity index (χ1n) is 19.8. The molecule has 0 radical (unpaired) electrons. The van der Waals surface area contributed by atoms with Crippen LogP contribution in [0.2, 0.25) is 0 Å². The summed E-state index contributed by atoms with van der Waals surface area (Å²) in [6.07, 6.45) is 0. The number of hydrogen-bond acceptors (Lipinski definition) is 3. The van der Waals surface area contributed by atoms with Gasteiger partial charge in [-0.3, -0.25) is 0 Å². The summed E-state index contributed by atoms with van der Waals surface area (Å²) in [5.74, 6) is 0. The van der Waals surface area contributed by atoms with Gasteiger partial charge in [-0.25, -0.2) is 0 Å². The third-order valence-corrected chi connectivity index (χ3v) is 13.3. The van der Waals surface area contributed by atoms with Crippen molar-refractivity contribution in [2.75, 3.05) is 4.90 Å². The summed E-state index contributed by atoms with van der Waals surface area (Å²) in [5.41, 5.74) is 14.5. The molecule has 0 spiro atoms. The summed E-state index contributed by atoms with van der Waals surface area (Å²) in [5, 5.41) is 4.90. The van der Waals surface area contributed by atoms with Crippen LogP contribution in [0.15, 0.2) is 217 Å². The highest BCUT2D eigenvalue weighted by molar-refractivity contribution is 7.26. The van der Waals surface area contributed by atoms with E-state index in [9.17, 15) is 0 Å². The number of hydrogen-bond donors (Lipinski definition) is 0. The van der Waals surface area contributed by atoms with Crippen LogP contribution in [-0.4, -0.2) is 0 Å². The highest BCUT2D eigenvalue weighted by Gasteiger charge is 2.47. The van der Waals surface area contributed by atoms with Crippen molar-refractivity contribution in [3.8, 4) is 22.3 Å². The van der Waals surface area contributed by atoms with Gasteiger partial charge >= 0.3 is 0 Å². The minimum absolute atomic E-state index is 0.495. The number of thiophene rings is 1. The molecule has 2 aromatic heterocycles. The number of anilines is 3. The largest absolute Gasteiger partial charge is 0.456 e. The molecule has 11 aromatic rings. The van der Waals surface area contributed by atoms with E-state index in [2.05, 4.69) is 217 Å². The zero-order chi connectivity index (χ0) is 38.2. The van der Waals surface area contributed by atoms with Crippen LogP contribution in [0.4, 0.5) is 17.1 Å². The molecule has 0 amide bonds. The maximum Gasteiger partial charge on any atom is 0.136 e. The number of furan rings is 1. The Hall–Kier alpha value is -7.20. The Morgan fingerprint density at radius 2 is 1.05 bits per heavy atom. The van der Waals surface area contributed by atoms with Crippen LogP contribution in [0.25, 0.3) is 64.4 Å². The van der Waals surface area contributed by atoms with E-state index in [0.717, 1.165) is 44.7 Å². The minimum atomic E-state index is -0.495. The predicted molar refractivity (Wildman–Crippen MR) is 244 cm³/mol. The van der Waals surface area contributed by atoms with E-state index in [1.54, 1.807) is 0 Å². The Kier molecular flexibility index (Phi) is 7.35. The van der Waals surface area contributed by atoms with Gasteiger partial charge in [0.25, 0.3) is 0 Å². The molecule has 0 unspecified atom stereocenters. The lowest BCUT2D eigenvalue weighted by atomic mass is 9.68. The lowest BCUT2D eigenvalue weighted by Gasteiger charge is -2.34. The van der Waals surface area contributed by atoms with Crippen LogP contribution in [0.1, 0.15) is 22.3 Å². The third-order valence-electron chi connectivity index (χ3n) is 12.1. The second-order valence-electron chi connectivity index (χ2n) is 15.1. The molecule has 2 heterocycles. The summed E-state index contributed by atoms with van der Waals surface area (Å²) >= 11 is 1.85. The predicted octanol–water partition coefficient (Wildman–Crippen LogP) is 15.5. The van der Waals surface area contributed by atoms with Gasteiger partial charge in [-0.05, 0) is 93.5 Å². The number of para-hydroxylation sites is 1. The lowest BCUT2D eigenvalue weighted by Crippen LogP contribution is -2.28. The quantitative estimate of drug-likeness (QED) is 0.168. The molecule has 1 aliphatic rings. The maximum absolute atomic E-state index is 6.61. The molecule has 0 aliphatic heterocycles. The van der Waals surface area contributed by atoms with Crippen molar-refractivity contribution in [1.29, 1.82) is 0 Å². The van der Waals surface area contributed by atoms with Gasteiger partial charge < -0.3 is 9.32 Å². The number of fused-ring (bicyclic) bond motifs is 10. The van der Waals surface area contributed by atoms with Crippen LogP contribution in [0.5, 0.6) is 0 Å². The first-order chi connectivity index (χ1) is 28.8. The Balaban J connectivity index is 1.11. The number of nitrogens with zero attached hydrogens (tertiary/aromatic N) is 1. The second-order valence-corrected chi connectivity index (χ2v) is 16.2. The summed E-state index contributed by atoms with van der Waals surface area (Å²) in [6.45, 7) is 0. The van der Waals surface area contributed by atoms with Gasteiger partial charge in [0.15, 0.2) is 0 Å². The summed E-state index contributed by atoms with van der Waals surface area (Å²) in [4.78, 5) is 2.45. The van der Waals surface area contributed by atoms with Crippen LogP contribution in [-0.2, 0) is 5.41 Å². The average molecular weight is 758 g/mol. The first-order valence-corrected chi connectivity index (χ1v) is 20.7. The van der Waals surface area contributed by atoms with Gasteiger partial charge in [0.2, 0.25) is 0 Å². The van der Waals surface area contributed by atoms with Crippen molar-refractivity contribution >= 4 is 70.5 Å². The molecule has 272 valence electrons. The van der Waals surface area contributed by atoms with E-state index in [-0.39, 0.29) is 0 Å². The van der Waals surface area contributed by atoms with Crippen molar-refractivity contribution in [2.24, 2.45) is 0 Å². The zero-order valence-corrected chi connectivity index (χ0v) is 32.3. The van der Waals surface area contributed by atoms with E-state index in [1.165, 1.54) is 58.9 Å². The van der Waals surface area contributed by atoms with Crippen LogP contribution in [0.3, 0.4) is 0 Å². The first kappa shape index (κ1) is 33.0. The Labute approximate surface area is 340 Å². The smallest absolute Gasteiger partial charge is 0.136 e. The molecule has 0 saturated heterocycles. The molecule has 3 heteroatoms. The molecule has 0 bridgehead atoms. The van der Waals surface area contributed by atoms with E-state index >= 15 is 0 Å². The van der Waals surface area contributed by atoms with E-state index in [4.69, 9.17) is 4.42 Å². The molecule has 0 N–H and O–H groups in total. The summed E-state index contributed by atoms with van der Waals surface area (Å²) in [6, 6.07) is 77.4. The number of benzene rings is 9. The Bertz CT molecular complexity index is 3300. The third kappa shape index (κ3) is 4.71. The van der Waals surface area contributed by atoms with Gasteiger partial charge in [-0.15, -0.1) is 11.3 Å². The molecule has 0 saturated carbocycles. The van der Waals surface area contributed by atoms with Gasteiger partial charge in [0.05, 0.1) is 11.1 Å². The molecule has 0 fully saturated rings. The molecule has 2 nitrogen and oxygen atoms in total. The monoisotopic (exact) mass is 757 g/mol. The minimum Gasteiger partial charge on any atom is -0.456 e. The fourth-order valence-electron chi connectivity index (χ4n) is 9.80. The van der Waals surface area contributed by atoms with Crippen molar-refractivity contribution in [3.05, 3.63) is 235 Å². The van der Waals surface area contributed by atoms with Crippen molar-refractivity contribution in [3.63, 3.8) is 0 Å². The molecular formula is C55H35NOS. The van der Waals surface area contributed by atoms with Crippen molar-refractivity contribution < 1.29 is 4.42 Å². The standard InChI is InChI=1S/C55H35NOS/c1-4-18-37(19-5-1)55(38-20-6-2-7-21-38)45-28-12-10-26-44(45)51-46(55)29-16-30-47(51)56(39-22-8-3-9-23-39)40-24-14-17-36(35-40)41-27-15-31-48-52(41)53-49(57-48)34-33-43-42-25-11-13-32-50(42)58-54(43)53/h1-35H. The fraction of sp³-hybridized carbons (Fsp3) is 0.0182. The van der Waals surface area contributed by atoms with Crippen molar-refractivity contribution in [1.82, 2.24) is 0 Å². The Morgan fingerprint density at radius 3 is 1.86 bits per heavy atom. The maximum atomic E-state index is 6.61. The van der Waals surface area contributed by atoms with E-state index in [1.807, 2.05) is 11.3 Å². The molecule has 9 aromatic carbocycles. The van der Waals surface area contributed by atoms with E-state index in [0.29, 0.717) is 0 Å². The molecule has 1 aliphatic carbocycles. The summed E-state index contributed by atoms with van der Waals surface area (Å²) < 4.78 is 9.17. The SMILES string of the molecule is c1ccc(N(c2cccc(-c3cccc4oc5ccc6c7ccccc7sc6c5c34)c2)c2cccc3c2-c2ccccc2C3(c2ccccc2)c2ccccc2)cc1. The van der Waals surface area contributed by atoms with Crippen molar-refractivity contribution in [2.45, 2.75) is 5.41 Å². The lowest BCUT2D eigenvalue weighted by molar-refractivity contribution is 0.669. The molecular weight excluding hydrogens is 723 g/mol. The van der Waals surface area contributed by atoms with Gasteiger partial charge in [0.1, 0.15) is 11.2 Å². The summed E-state index contributed by atoms with van der Waals surface area (Å²) in [7, 11) is 0. The molecule has 12 rings (SSSR count). The molecule has 58 heavy (non-hydrogen) atoms. The highest BCUT2D eigenvalue weighted by atomic mass is 32.1. The zero-order valence-electron chi connectivity index (χ0n) is 31.5. The second kappa shape index (κ2) is 12.9. The van der Waals surface area contributed by atoms with Crippen LogP contribution >= 0.6 is 11.3 Å². The fourth-order valence-corrected chi connectivity index (χ4v) is 11.0. The van der Waals surface area contributed by atoms with Gasteiger partial charge in [-0.1, -0.05) is 158 Å². The van der Waals surface area contributed by atoms with Gasteiger partial charge in [0, 0.05) is 47.9 Å². The molecule has 0 atom stereocenters. The Morgan fingerprint density at radius 1 is 0.431 bits per heavy atom. The number of rotatable bonds is 6. The van der Waals surface area contributed by atoms with E-state index < -0.39 is 5.41 Å². The van der Waals surface area contributed by atoms with Crippen LogP contribution in [0, 0.1) is 0 Å². The van der Waals surface area contributed by atoms with Crippen LogP contribution < -0.4 is 4.90 Å². The normalized spacial score (nSPS) is 13.0. The average Bonchev–Trinajstić information content (AvgIpc) is 3.96.